The predicted octanol–water partition coefficient (Wildman–Crippen LogP) is -0.774. The van der Waals surface area contributed by atoms with E-state index in [2.05, 4.69) is 22.6 Å². The molecular formula is C7H14N3. The first-order valence-corrected chi connectivity index (χ1v) is 3.93. The van der Waals surface area contributed by atoms with Crippen molar-refractivity contribution in [2.24, 2.45) is 0 Å². The molecule has 2 aliphatic rings. The minimum Gasteiger partial charge on any atom is -0.302 e. The van der Waals surface area contributed by atoms with E-state index >= 15 is 0 Å². The summed E-state index contributed by atoms with van der Waals surface area (Å²) in [5.41, 5.74) is 0.174. The topological polar surface area (TPSA) is 29.4 Å². The molecule has 0 bridgehead atoms. The molecule has 0 aromatic heterocycles. The van der Waals surface area contributed by atoms with E-state index in [-0.39, 0.29) is 5.66 Å². The zero-order valence-electron chi connectivity index (χ0n) is 6.43. The number of hydrogen-bond acceptors (Lipinski definition) is 2. The molecule has 1 radical (unpaired) electrons. The third kappa shape index (κ3) is 0.944. The first-order valence-electron chi connectivity index (χ1n) is 3.93. The van der Waals surface area contributed by atoms with Gasteiger partial charge in [-0.05, 0) is 13.5 Å². The van der Waals surface area contributed by atoms with E-state index in [0.717, 1.165) is 26.2 Å². The number of likely N-dealkylation sites (N-methyl/N-ethyl adjacent to an activating group) is 1. The van der Waals surface area contributed by atoms with E-state index in [4.69, 9.17) is 0 Å². The van der Waals surface area contributed by atoms with Gasteiger partial charge in [0.25, 0.3) is 0 Å². The quantitative estimate of drug-likeness (QED) is 0.478. The van der Waals surface area contributed by atoms with Gasteiger partial charge in [0.2, 0.25) is 0 Å². The highest BCUT2D eigenvalue weighted by molar-refractivity contribution is 4.98. The molecule has 1 N–H and O–H groups in total. The Morgan fingerprint density at radius 3 is 2.80 bits per heavy atom. The monoisotopic (exact) mass is 140 g/mol. The fraction of sp³-hybridized carbons (Fsp3) is 1.00. The van der Waals surface area contributed by atoms with Crippen LogP contribution in [0, 0.1) is 0 Å². The Kier molecular flexibility index (Phi) is 1.44. The summed E-state index contributed by atoms with van der Waals surface area (Å²) >= 11 is 0. The van der Waals surface area contributed by atoms with Crippen molar-refractivity contribution < 1.29 is 0 Å². The van der Waals surface area contributed by atoms with Gasteiger partial charge in [0.1, 0.15) is 0 Å². The van der Waals surface area contributed by atoms with Crippen LogP contribution in [-0.4, -0.2) is 43.8 Å². The van der Waals surface area contributed by atoms with Gasteiger partial charge in [-0.25, -0.2) is 5.32 Å². The lowest BCUT2D eigenvalue weighted by Crippen LogP contribution is -2.70. The van der Waals surface area contributed by atoms with Crippen molar-refractivity contribution in [3.8, 4) is 0 Å². The summed E-state index contributed by atoms with van der Waals surface area (Å²) in [6.45, 7) is 4.39. The standard InChI is InChI=1S/C7H14N3/c1-10-5-4-9-7(6-10)2-3-8-7/h8H,2-6H2,1H3. The maximum Gasteiger partial charge on any atom is 0.0989 e. The van der Waals surface area contributed by atoms with Gasteiger partial charge in [-0.1, -0.05) is 0 Å². The zero-order chi connectivity index (χ0) is 7.03. The van der Waals surface area contributed by atoms with E-state index in [0.29, 0.717) is 0 Å². The molecule has 3 heteroatoms. The van der Waals surface area contributed by atoms with Crippen molar-refractivity contribution in [3.63, 3.8) is 0 Å². The molecule has 10 heavy (non-hydrogen) atoms. The Balaban J connectivity index is 1.96. The highest BCUT2D eigenvalue weighted by Crippen LogP contribution is 2.19. The third-order valence-electron chi connectivity index (χ3n) is 2.42. The fourth-order valence-electron chi connectivity index (χ4n) is 1.69. The minimum atomic E-state index is 0.174. The summed E-state index contributed by atoms with van der Waals surface area (Å²) in [5, 5.41) is 7.95. The largest absolute Gasteiger partial charge is 0.302 e. The Morgan fingerprint density at radius 1 is 1.60 bits per heavy atom. The molecule has 0 aromatic rings. The smallest absolute Gasteiger partial charge is 0.0989 e. The van der Waals surface area contributed by atoms with Crippen LogP contribution in [0.1, 0.15) is 6.42 Å². The van der Waals surface area contributed by atoms with Crippen molar-refractivity contribution in [2.45, 2.75) is 12.1 Å². The molecule has 57 valence electrons. The summed E-state index contributed by atoms with van der Waals surface area (Å²) in [6.07, 6.45) is 1.23. The molecule has 2 saturated heterocycles. The van der Waals surface area contributed by atoms with Crippen LogP contribution >= 0.6 is 0 Å². The van der Waals surface area contributed by atoms with Crippen molar-refractivity contribution >= 4 is 0 Å². The van der Waals surface area contributed by atoms with Crippen LogP contribution in [-0.2, 0) is 0 Å². The first kappa shape index (κ1) is 6.58. The van der Waals surface area contributed by atoms with Crippen LogP contribution < -0.4 is 10.6 Å². The molecule has 0 aliphatic carbocycles. The summed E-state index contributed by atoms with van der Waals surface area (Å²) in [4.78, 5) is 2.35. The molecule has 1 unspecified atom stereocenters. The van der Waals surface area contributed by atoms with Gasteiger partial charge in [0.15, 0.2) is 0 Å². The molecule has 2 fully saturated rings. The molecule has 2 rings (SSSR count). The van der Waals surface area contributed by atoms with Gasteiger partial charge in [-0.3, -0.25) is 5.32 Å². The molecular weight excluding hydrogens is 126 g/mol. The second-order valence-electron chi connectivity index (χ2n) is 3.33. The van der Waals surface area contributed by atoms with Crippen molar-refractivity contribution in [3.05, 3.63) is 0 Å². The van der Waals surface area contributed by atoms with Crippen molar-refractivity contribution in [1.82, 2.24) is 15.5 Å². The van der Waals surface area contributed by atoms with Crippen LogP contribution in [0.2, 0.25) is 0 Å². The van der Waals surface area contributed by atoms with E-state index in [1.54, 1.807) is 0 Å². The second kappa shape index (κ2) is 2.19. The average molecular weight is 140 g/mol. The number of rotatable bonds is 0. The van der Waals surface area contributed by atoms with E-state index in [1.807, 2.05) is 0 Å². The first-order chi connectivity index (χ1) is 4.81. The van der Waals surface area contributed by atoms with Gasteiger partial charge in [0, 0.05) is 26.2 Å². The van der Waals surface area contributed by atoms with Crippen LogP contribution in [0.15, 0.2) is 0 Å². The Bertz CT molecular complexity index is 131. The number of nitrogens with zero attached hydrogens (tertiary/aromatic N) is 2. The van der Waals surface area contributed by atoms with Gasteiger partial charge in [-0.15, -0.1) is 0 Å². The predicted molar refractivity (Wildman–Crippen MR) is 39.8 cm³/mol. The Hall–Kier alpha value is -0.120. The van der Waals surface area contributed by atoms with Gasteiger partial charge < -0.3 is 4.90 Å². The third-order valence-corrected chi connectivity index (χ3v) is 2.42. The second-order valence-corrected chi connectivity index (χ2v) is 3.33. The molecule has 1 atom stereocenters. The summed E-state index contributed by atoms with van der Waals surface area (Å²) in [5.74, 6) is 0. The van der Waals surface area contributed by atoms with Gasteiger partial charge >= 0.3 is 0 Å². The molecule has 2 aliphatic heterocycles. The van der Waals surface area contributed by atoms with Crippen LogP contribution in [0.5, 0.6) is 0 Å². The summed E-state index contributed by atoms with van der Waals surface area (Å²) < 4.78 is 0. The normalized spacial score (nSPS) is 41.7. The van der Waals surface area contributed by atoms with E-state index in [9.17, 15) is 0 Å². The highest BCUT2D eigenvalue weighted by Gasteiger charge is 2.40. The molecule has 2 heterocycles. The Labute approximate surface area is 61.8 Å². The van der Waals surface area contributed by atoms with Crippen LogP contribution in [0.4, 0.5) is 0 Å². The SMILES string of the molecule is CN1CC[N]C2(CCN2)C1. The van der Waals surface area contributed by atoms with Crippen molar-refractivity contribution in [1.29, 1.82) is 0 Å². The van der Waals surface area contributed by atoms with Crippen molar-refractivity contribution in [2.75, 3.05) is 33.2 Å². The molecule has 1 spiro atoms. The fourth-order valence-corrected chi connectivity index (χ4v) is 1.69. The number of piperazine rings is 1. The molecule has 0 saturated carbocycles. The number of hydrogen-bond donors (Lipinski definition) is 1. The van der Waals surface area contributed by atoms with Gasteiger partial charge in [-0.2, -0.15) is 0 Å². The molecule has 0 amide bonds. The highest BCUT2D eigenvalue weighted by atomic mass is 15.3. The maximum absolute atomic E-state index is 4.56. The van der Waals surface area contributed by atoms with E-state index < -0.39 is 0 Å². The van der Waals surface area contributed by atoms with Gasteiger partial charge in [0.05, 0.1) is 5.66 Å². The number of nitrogens with one attached hydrogen (secondary N) is 1. The van der Waals surface area contributed by atoms with Crippen LogP contribution in [0.3, 0.4) is 0 Å². The zero-order valence-corrected chi connectivity index (χ0v) is 6.43. The average Bonchev–Trinajstić information content (AvgIpc) is 1.85. The minimum absolute atomic E-state index is 0.174. The molecule has 0 aromatic carbocycles. The van der Waals surface area contributed by atoms with Crippen LogP contribution in [0.25, 0.3) is 0 Å². The summed E-state index contributed by atoms with van der Waals surface area (Å²) in [7, 11) is 2.16. The Morgan fingerprint density at radius 2 is 2.40 bits per heavy atom. The van der Waals surface area contributed by atoms with E-state index in [1.165, 1.54) is 6.42 Å². The maximum atomic E-state index is 4.56. The molecule has 3 nitrogen and oxygen atoms in total. The summed E-state index contributed by atoms with van der Waals surface area (Å²) in [6, 6.07) is 0. The lowest BCUT2D eigenvalue weighted by atomic mass is 9.96. The lowest BCUT2D eigenvalue weighted by molar-refractivity contribution is 0.0630. The lowest BCUT2D eigenvalue weighted by Gasteiger charge is -2.48.